The molecule has 1 aromatic heterocycles. The minimum atomic E-state index is -3.09. The number of aromatic nitrogens is 3. The molecule has 0 aromatic carbocycles. The molecule has 1 aliphatic rings. The van der Waals surface area contributed by atoms with Crippen LogP contribution in [0.15, 0.2) is 0 Å². The summed E-state index contributed by atoms with van der Waals surface area (Å²) >= 11 is 3.39. The van der Waals surface area contributed by atoms with Crippen molar-refractivity contribution in [2.45, 2.75) is 56.2 Å². The molecule has 1 aliphatic heterocycles. The first-order valence-electron chi connectivity index (χ1n) is 6.49. The van der Waals surface area contributed by atoms with Gasteiger partial charge in [0.05, 0.1) is 11.1 Å². The van der Waals surface area contributed by atoms with Crippen molar-refractivity contribution in [2.24, 2.45) is 0 Å². The Balaban J connectivity index is 2.54. The second-order valence-corrected chi connectivity index (χ2v) is 8.83. The van der Waals surface area contributed by atoms with E-state index in [0.29, 0.717) is 17.6 Å². The number of hydrogen-bond acceptors (Lipinski definition) is 4. The first-order valence-corrected chi connectivity index (χ1v) is 9.33. The van der Waals surface area contributed by atoms with Crippen molar-refractivity contribution in [2.75, 3.05) is 5.75 Å². The van der Waals surface area contributed by atoms with Gasteiger partial charge in [0.25, 0.3) is 0 Å². The van der Waals surface area contributed by atoms with Gasteiger partial charge in [-0.25, -0.2) is 8.42 Å². The molecule has 1 saturated heterocycles. The van der Waals surface area contributed by atoms with E-state index in [4.69, 9.17) is 0 Å². The highest BCUT2D eigenvalue weighted by molar-refractivity contribution is 9.08. The fourth-order valence-corrected chi connectivity index (χ4v) is 4.85. The van der Waals surface area contributed by atoms with Crippen molar-refractivity contribution in [3.05, 3.63) is 11.6 Å². The quantitative estimate of drug-likeness (QED) is 0.769. The summed E-state index contributed by atoms with van der Waals surface area (Å²) < 4.78 is 26.5. The topological polar surface area (TPSA) is 64.8 Å². The van der Waals surface area contributed by atoms with Gasteiger partial charge >= 0.3 is 0 Å². The third-order valence-corrected chi connectivity index (χ3v) is 6.08. The zero-order valence-electron chi connectivity index (χ0n) is 11.6. The lowest BCUT2D eigenvalue weighted by Crippen LogP contribution is -2.31. The average Bonchev–Trinajstić information content (AvgIpc) is 2.71. The maximum absolute atomic E-state index is 12.3. The molecule has 1 atom stereocenters. The zero-order valence-corrected chi connectivity index (χ0v) is 14.0. The number of alkyl halides is 1. The van der Waals surface area contributed by atoms with Crippen LogP contribution in [0.4, 0.5) is 0 Å². The molecular weight excluding hydrogens is 330 g/mol. The lowest BCUT2D eigenvalue weighted by molar-refractivity contribution is 0.367. The van der Waals surface area contributed by atoms with E-state index in [1.807, 2.05) is 25.3 Å². The summed E-state index contributed by atoms with van der Waals surface area (Å²) in [7, 11) is -3.09. The second-order valence-electron chi connectivity index (χ2n) is 5.97. The number of rotatable bonds is 2. The maximum Gasteiger partial charge on any atom is 0.160 e. The summed E-state index contributed by atoms with van der Waals surface area (Å²) in [5.74, 6) is 1.64. The molecule has 0 N–H and O–H groups in total. The van der Waals surface area contributed by atoms with Crippen molar-refractivity contribution >= 4 is 25.8 Å². The van der Waals surface area contributed by atoms with Crippen LogP contribution in [0.5, 0.6) is 0 Å². The lowest BCUT2D eigenvalue weighted by Gasteiger charge is -2.29. The third-order valence-electron chi connectivity index (χ3n) is 3.41. The van der Waals surface area contributed by atoms with Crippen LogP contribution >= 0.6 is 15.9 Å². The molecule has 0 radical (unpaired) electrons. The largest absolute Gasteiger partial charge is 0.308 e. The predicted molar refractivity (Wildman–Crippen MR) is 78.0 cm³/mol. The Bertz CT molecular complexity index is 560. The number of hydrogen-bond donors (Lipinski definition) is 0. The molecule has 0 saturated carbocycles. The highest BCUT2D eigenvalue weighted by Gasteiger charge is 2.36. The molecule has 7 heteroatoms. The zero-order chi connectivity index (χ0) is 14.3. The van der Waals surface area contributed by atoms with Crippen LogP contribution in [0, 0.1) is 0 Å². The van der Waals surface area contributed by atoms with E-state index < -0.39 is 15.1 Å². The Morgan fingerprint density at radius 3 is 2.53 bits per heavy atom. The van der Waals surface area contributed by atoms with Gasteiger partial charge in [0.15, 0.2) is 15.7 Å². The molecule has 19 heavy (non-hydrogen) atoms. The second kappa shape index (κ2) is 5.16. The Labute approximate surface area is 122 Å². The molecule has 0 aliphatic carbocycles. The van der Waals surface area contributed by atoms with Crippen molar-refractivity contribution in [3.8, 4) is 0 Å². The molecule has 0 spiro atoms. The number of sulfone groups is 1. The Morgan fingerprint density at radius 1 is 1.32 bits per heavy atom. The fourth-order valence-electron chi connectivity index (χ4n) is 2.60. The normalized spacial score (nSPS) is 23.5. The van der Waals surface area contributed by atoms with Crippen LogP contribution in [0.1, 0.15) is 56.9 Å². The number of nitrogens with zero attached hydrogens (tertiary/aromatic N) is 3. The van der Waals surface area contributed by atoms with Crippen LogP contribution in [0.2, 0.25) is 0 Å². The van der Waals surface area contributed by atoms with E-state index in [1.54, 1.807) is 0 Å². The standard InChI is InChI=1S/C12H20BrN3O2S/c1-12(2,3)16-10(8-13)14-15-11(16)9-6-4-5-7-19(9,17)18/h9H,4-8H2,1-3H3. The smallest absolute Gasteiger partial charge is 0.160 e. The average molecular weight is 350 g/mol. The highest BCUT2D eigenvalue weighted by atomic mass is 79.9. The third kappa shape index (κ3) is 2.86. The van der Waals surface area contributed by atoms with Gasteiger partial charge in [0.1, 0.15) is 11.1 Å². The van der Waals surface area contributed by atoms with E-state index in [9.17, 15) is 8.42 Å². The molecule has 2 heterocycles. The monoisotopic (exact) mass is 349 g/mol. The SMILES string of the molecule is CC(C)(C)n1c(CBr)nnc1C1CCCCS1(=O)=O. The van der Waals surface area contributed by atoms with Crippen LogP contribution in [0.25, 0.3) is 0 Å². The predicted octanol–water partition coefficient (Wildman–Crippen LogP) is 2.57. The van der Waals surface area contributed by atoms with Gasteiger partial charge in [0.2, 0.25) is 0 Å². The minimum absolute atomic E-state index is 0.227. The van der Waals surface area contributed by atoms with Crippen LogP contribution in [-0.4, -0.2) is 28.9 Å². The first-order chi connectivity index (χ1) is 8.77. The lowest BCUT2D eigenvalue weighted by atomic mass is 10.1. The molecule has 1 unspecified atom stereocenters. The van der Waals surface area contributed by atoms with Crippen molar-refractivity contribution in [3.63, 3.8) is 0 Å². The summed E-state index contributed by atoms with van der Waals surface area (Å²) in [6, 6.07) is 0. The van der Waals surface area contributed by atoms with Gasteiger partial charge in [-0.3, -0.25) is 0 Å². The van der Waals surface area contributed by atoms with E-state index in [1.165, 1.54) is 0 Å². The van der Waals surface area contributed by atoms with Crippen molar-refractivity contribution < 1.29 is 8.42 Å². The Morgan fingerprint density at radius 2 is 2.00 bits per heavy atom. The minimum Gasteiger partial charge on any atom is -0.308 e. The molecule has 0 bridgehead atoms. The van der Waals surface area contributed by atoms with Gasteiger partial charge in [-0.2, -0.15) is 0 Å². The fraction of sp³-hybridized carbons (Fsp3) is 0.833. The summed E-state index contributed by atoms with van der Waals surface area (Å²) in [4.78, 5) is 0. The summed E-state index contributed by atoms with van der Waals surface area (Å²) in [5, 5.41) is 8.39. The van der Waals surface area contributed by atoms with E-state index in [-0.39, 0.29) is 11.3 Å². The maximum atomic E-state index is 12.3. The molecule has 2 rings (SSSR count). The number of halogens is 1. The summed E-state index contributed by atoms with van der Waals surface area (Å²) in [6.07, 6.45) is 2.34. The highest BCUT2D eigenvalue weighted by Crippen LogP contribution is 2.35. The van der Waals surface area contributed by atoms with Gasteiger partial charge < -0.3 is 4.57 Å². The van der Waals surface area contributed by atoms with Crippen LogP contribution in [-0.2, 0) is 20.7 Å². The summed E-state index contributed by atoms with van der Waals surface area (Å²) in [6.45, 7) is 6.13. The molecule has 0 amide bonds. The van der Waals surface area contributed by atoms with Gasteiger partial charge in [0, 0.05) is 5.54 Å². The van der Waals surface area contributed by atoms with Gasteiger partial charge in [-0.15, -0.1) is 10.2 Å². The molecule has 1 aromatic rings. The van der Waals surface area contributed by atoms with E-state index in [2.05, 4.69) is 26.1 Å². The van der Waals surface area contributed by atoms with E-state index >= 15 is 0 Å². The van der Waals surface area contributed by atoms with Gasteiger partial charge in [-0.1, -0.05) is 22.4 Å². The van der Waals surface area contributed by atoms with Crippen LogP contribution < -0.4 is 0 Å². The Hall–Kier alpha value is -0.430. The van der Waals surface area contributed by atoms with Crippen molar-refractivity contribution in [1.82, 2.24) is 14.8 Å². The molecule has 108 valence electrons. The molecule has 1 fully saturated rings. The van der Waals surface area contributed by atoms with E-state index in [0.717, 1.165) is 18.7 Å². The van der Waals surface area contributed by atoms with Gasteiger partial charge in [-0.05, 0) is 33.6 Å². The summed E-state index contributed by atoms with van der Waals surface area (Å²) in [5.41, 5.74) is -0.227. The molecular formula is C12H20BrN3O2S. The van der Waals surface area contributed by atoms with Crippen LogP contribution in [0.3, 0.4) is 0 Å². The Kier molecular flexibility index (Phi) is 4.07. The first kappa shape index (κ1) is 15.0. The van der Waals surface area contributed by atoms with Crippen molar-refractivity contribution in [1.29, 1.82) is 0 Å². The molecule has 5 nitrogen and oxygen atoms in total.